The molecule has 13 heavy (non-hydrogen) atoms. The summed E-state index contributed by atoms with van der Waals surface area (Å²) in [4.78, 5) is 0. The molecule has 0 aliphatic carbocycles. The van der Waals surface area contributed by atoms with E-state index in [2.05, 4.69) is 42.8 Å². The number of hydrogen-bond donors (Lipinski definition) is 0. The molecule has 1 nitrogen and oxygen atoms in total. The topological polar surface area (TPSA) is 4.93 Å². The van der Waals surface area contributed by atoms with E-state index in [9.17, 15) is 0 Å². The van der Waals surface area contributed by atoms with Crippen molar-refractivity contribution in [3.8, 4) is 0 Å². The number of benzene rings is 1. The van der Waals surface area contributed by atoms with E-state index >= 15 is 0 Å². The number of nitrogens with zero attached hydrogens (tertiary/aromatic N) is 1. The molecule has 0 saturated heterocycles. The van der Waals surface area contributed by atoms with Crippen LogP contribution in [0.2, 0.25) is 0 Å². The normalized spacial score (nSPS) is 10.4. The van der Waals surface area contributed by atoms with Gasteiger partial charge in [-0.3, -0.25) is 0 Å². The average molecular weight is 247 g/mol. The second-order valence-corrected chi connectivity index (χ2v) is 3.29. The van der Waals surface area contributed by atoms with Gasteiger partial charge in [0, 0.05) is 38.8 Å². The molecule has 0 aliphatic rings. The van der Waals surface area contributed by atoms with Crippen LogP contribution in [0.15, 0.2) is 30.5 Å². The van der Waals surface area contributed by atoms with Crippen LogP contribution < -0.4 is 0 Å². The molecule has 0 unspecified atom stereocenters. The van der Waals surface area contributed by atoms with Crippen molar-refractivity contribution in [2.45, 2.75) is 19.9 Å². The summed E-state index contributed by atoms with van der Waals surface area (Å²) in [6, 6.07) is 11.9. The first kappa shape index (κ1) is 10.9. The van der Waals surface area contributed by atoms with Crippen LogP contribution in [0.1, 0.15) is 19.9 Å². The summed E-state index contributed by atoms with van der Waals surface area (Å²) in [6.07, 6.45) is 2.12. The summed E-state index contributed by atoms with van der Waals surface area (Å²) < 4.78 is 2.26. The molecule has 0 spiro atoms. The van der Waals surface area contributed by atoms with Crippen molar-refractivity contribution in [1.29, 1.82) is 0 Å². The van der Waals surface area contributed by atoms with Crippen LogP contribution in [0.5, 0.6) is 0 Å². The molecule has 0 N–H and O–H groups in total. The maximum Gasteiger partial charge on any atom is 0.0180 e. The van der Waals surface area contributed by atoms with Crippen molar-refractivity contribution in [3.05, 3.63) is 36.5 Å². The molecule has 0 bridgehead atoms. The molecule has 0 atom stereocenters. The Morgan fingerprint density at radius 2 is 2.08 bits per heavy atom. The van der Waals surface area contributed by atoms with Gasteiger partial charge in [-0.15, -0.1) is 35.7 Å². The first-order valence-corrected chi connectivity index (χ1v) is 4.26. The standard InChI is InChI=1S/C11H12N.Y/c1-9(2)12-8-7-10-5-3-4-6-11(10)12;/h3-4,6-9H,1-2H3;/q-1;. The van der Waals surface area contributed by atoms with Gasteiger partial charge < -0.3 is 4.57 Å². The van der Waals surface area contributed by atoms with Gasteiger partial charge in [0.15, 0.2) is 0 Å². The van der Waals surface area contributed by atoms with E-state index in [1.165, 1.54) is 10.9 Å². The maximum absolute atomic E-state index is 3.21. The summed E-state index contributed by atoms with van der Waals surface area (Å²) in [5, 5.41) is 1.20. The van der Waals surface area contributed by atoms with Crippen molar-refractivity contribution in [3.63, 3.8) is 0 Å². The Morgan fingerprint density at radius 1 is 1.31 bits per heavy atom. The van der Waals surface area contributed by atoms with Crippen LogP contribution in [-0.2, 0) is 32.7 Å². The van der Waals surface area contributed by atoms with E-state index in [4.69, 9.17) is 0 Å². The SMILES string of the molecule is CC(C)n1ccc2[c-]cccc21.[Y]. The van der Waals surface area contributed by atoms with Gasteiger partial charge in [-0.25, -0.2) is 0 Å². The molecule has 65 valence electrons. The van der Waals surface area contributed by atoms with E-state index in [-0.39, 0.29) is 32.7 Å². The third kappa shape index (κ3) is 2.03. The molecular formula is C11H12NY-. The Morgan fingerprint density at radius 3 is 2.77 bits per heavy atom. The molecule has 0 saturated carbocycles. The number of rotatable bonds is 1. The third-order valence-electron chi connectivity index (χ3n) is 2.10. The molecule has 1 aromatic carbocycles. The Balaban J connectivity index is 0.000000845. The van der Waals surface area contributed by atoms with Crippen LogP contribution in [0.3, 0.4) is 0 Å². The van der Waals surface area contributed by atoms with Gasteiger partial charge in [0.25, 0.3) is 0 Å². The zero-order chi connectivity index (χ0) is 8.55. The van der Waals surface area contributed by atoms with Crippen molar-refractivity contribution < 1.29 is 32.7 Å². The second kappa shape index (κ2) is 4.39. The smallest absolute Gasteiger partial charge is 0.0180 e. The van der Waals surface area contributed by atoms with Crippen LogP contribution in [0.4, 0.5) is 0 Å². The zero-order valence-electron chi connectivity index (χ0n) is 7.99. The summed E-state index contributed by atoms with van der Waals surface area (Å²) in [7, 11) is 0. The Hall–Kier alpha value is -0.136. The van der Waals surface area contributed by atoms with Crippen molar-refractivity contribution in [2.24, 2.45) is 0 Å². The van der Waals surface area contributed by atoms with E-state index < -0.39 is 0 Å². The number of hydrogen-bond acceptors (Lipinski definition) is 0. The van der Waals surface area contributed by atoms with Crippen LogP contribution in [-0.4, -0.2) is 4.57 Å². The summed E-state index contributed by atoms with van der Waals surface area (Å²) in [6.45, 7) is 4.37. The monoisotopic (exact) mass is 247 g/mol. The van der Waals surface area contributed by atoms with Gasteiger partial charge in [-0.1, -0.05) is 0 Å². The maximum atomic E-state index is 3.21. The quantitative estimate of drug-likeness (QED) is 0.682. The second-order valence-electron chi connectivity index (χ2n) is 3.29. The van der Waals surface area contributed by atoms with Gasteiger partial charge >= 0.3 is 0 Å². The molecule has 2 heteroatoms. The minimum absolute atomic E-state index is 0. The first-order chi connectivity index (χ1) is 5.79. The predicted molar refractivity (Wildman–Crippen MR) is 51.2 cm³/mol. The van der Waals surface area contributed by atoms with Crippen LogP contribution >= 0.6 is 0 Å². The van der Waals surface area contributed by atoms with E-state index in [1.54, 1.807) is 0 Å². The van der Waals surface area contributed by atoms with Gasteiger partial charge in [0.1, 0.15) is 0 Å². The van der Waals surface area contributed by atoms with Crippen molar-refractivity contribution >= 4 is 10.9 Å². The molecule has 0 aliphatic heterocycles. The fourth-order valence-corrected chi connectivity index (χ4v) is 1.48. The summed E-state index contributed by atoms with van der Waals surface area (Å²) >= 11 is 0. The summed E-state index contributed by atoms with van der Waals surface area (Å²) in [5.74, 6) is 0. The Labute approximate surface area is 104 Å². The molecule has 2 aromatic rings. The van der Waals surface area contributed by atoms with E-state index in [1.807, 2.05) is 12.1 Å². The molecule has 1 radical (unpaired) electrons. The summed E-state index contributed by atoms with van der Waals surface area (Å²) in [5.41, 5.74) is 1.27. The number of aromatic nitrogens is 1. The molecule has 1 aromatic heterocycles. The van der Waals surface area contributed by atoms with Gasteiger partial charge in [-0.2, -0.15) is 0 Å². The molecular weight excluding hydrogens is 235 g/mol. The minimum Gasteiger partial charge on any atom is -0.393 e. The molecule has 0 fully saturated rings. The Kier molecular flexibility index (Phi) is 3.69. The average Bonchev–Trinajstić information content (AvgIpc) is 2.47. The minimum atomic E-state index is 0. The van der Waals surface area contributed by atoms with Gasteiger partial charge in [0.2, 0.25) is 0 Å². The zero-order valence-corrected chi connectivity index (χ0v) is 10.8. The van der Waals surface area contributed by atoms with E-state index in [0.29, 0.717) is 6.04 Å². The fourth-order valence-electron chi connectivity index (χ4n) is 1.48. The predicted octanol–water partition coefficient (Wildman–Crippen LogP) is 3.02. The Bertz CT molecular complexity index is 390. The van der Waals surface area contributed by atoms with Crippen LogP contribution in [0.25, 0.3) is 10.9 Å². The molecule has 2 rings (SSSR count). The van der Waals surface area contributed by atoms with Gasteiger partial charge in [-0.05, 0) is 25.6 Å². The van der Waals surface area contributed by atoms with E-state index in [0.717, 1.165) is 0 Å². The largest absolute Gasteiger partial charge is 0.393 e. The van der Waals surface area contributed by atoms with Crippen molar-refractivity contribution in [1.82, 2.24) is 4.57 Å². The third-order valence-corrected chi connectivity index (χ3v) is 2.10. The molecule has 1 heterocycles. The molecule has 0 amide bonds. The van der Waals surface area contributed by atoms with Crippen molar-refractivity contribution in [2.75, 3.05) is 0 Å². The van der Waals surface area contributed by atoms with Gasteiger partial charge in [0.05, 0.1) is 0 Å². The fraction of sp³-hybridized carbons (Fsp3) is 0.273. The van der Waals surface area contributed by atoms with Crippen LogP contribution in [0, 0.1) is 6.07 Å². The number of fused-ring (bicyclic) bond motifs is 1. The first-order valence-electron chi connectivity index (χ1n) is 4.26.